The normalized spacial score (nSPS) is 20.4. The molecule has 0 spiro atoms. The van der Waals surface area contributed by atoms with Gasteiger partial charge in [-0.15, -0.1) is 0 Å². The Balaban J connectivity index is 2.44. The molecule has 0 aromatic carbocycles. The number of nitrogens with zero attached hydrogens (tertiary/aromatic N) is 1. The molecule has 1 fully saturated rings. The molecule has 146 valence electrons. The Morgan fingerprint density at radius 1 is 1.23 bits per heavy atom. The van der Waals surface area contributed by atoms with Crippen molar-refractivity contribution in [3.8, 4) is 0 Å². The van der Waals surface area contributed by atoms with Crippen LogP contribution < -0.4 is 15.7 Å². The molecular weight excluding hydrogens is 347 g/mol. The summed E-state index contributed by atoms with van der Waals surface area (Å²) in [6.07, 6.45) is 2.72. The first kappa shape index (κ1) is 21.5. The largest absolute Gasteiger partial charge is 0.496 e. The molecule has 5 nitrogen and oxygen atoms in total. The second-order valence-corrected chi connectivity index (χ2v) is 10.7. The van der Waals surface area contributed by atoms with Gasteiger partial charge in [0.1, 0.15) is 0 Å². The first-order chi connectivity index (χ1) is 11.8. The lowest BCUT2D eigenvalue weighted by Gasteiger charge is -2.32. The van der Waals surface area contributed by atoms with E-state index in [2.05, 4.69) is 32.4 Å². The second-order valence-electron chi connectivity index (χ2n) is 9.01. The molecule has 1 aliphatic rings. The van der Waals surface area contributed by atoms with Crippen LogP contribution in [0.4, 0.5) is 0 Å². The summed E-state index contributed by atoms with van der Waals surface area (Å²) >= 11 is 1.68. The average molecular weight is 380 g/mol. The average Bonchev–Trinajstić information content (AvgIpc) is 2.70. The molecular formula is C19H33BN2O3S. The number of hydrogen-bond donors (Lipinski definition) is 1. The third kappa shape index (κ3) is 4.56. The molecule has 2 heterocycles. The summed E-state index contributed by atoms with van der Waals surface area (Å²) in [6.45, 7) is 16.8. The zero-order chi connectivity index (χ0) is 19.9. The molecule has 0 amide bonds. The Kier molecular flexibility index (Phi) is 6.08. The highest BCUT2D eigenvalue weighted by molar-refractivity contribution is 7.98. The molecule has 2 rings (SSSR count). The van der Waals surface area contributed by atoms with Crippen LogP contribution in [0.25, 0.3) is 0 Å². The van der Waals surface area contributed by atoms with E-state index >= 15 is 0 Å². The van der Waals surface area contributed by atoms with E-state index in [-0.39, 0.29) is 16.3 Å². The molecule has 0 saturated carbocycles. The Hall–Kier alpha value is -0.755. The fraction of sp³-hybridized carbons (Fsp3) is 0.737. The van der Waals surface area contributed by atoms with E-state index in [1.807, 2.05) is 33.9 Å². The summed E-state index contributed by atoms with van der Waals surface area (Å²) in [5.74, 6) is 0. The Bertz CT molecular complexity index is 694. The van der Waals surface area contributed by atoms with Crippen molar-refractivity contribution < 1.29 is 9.31 Å². The lowest BCUT2D eigenvalue weighted by Crippen LogP contribution is -2.42. The van der Waals surface area contributed by atoms with Crippen molar-refractivity contribution in [2.75, 3.05) is 0 Å². The third-order valence-corrected chi connectivity index (χ3v) is 6.11. The third-order valence-electron chi connectivity index (χ3n) is 5.09. The van der Waals surface area contributed by atoms with Crippen LogP contribution in [0.3, 0.4) is 0 Å². The van der Waals surface area contributed by atoms with Gasteiger partial charge >= 0.3 is 7.12 Å². The lowest BCUT2D eigenvalue weighted by molar-refractivity contribution is 0.00578. The van der Waals surface area contributed by atoms with Crippen LogP contribution in [0.2, 0.25) is 0 Å². The van der Waals surface area contributed by atoms with E-state index in [4.69, 9.17) is 9.31 Å². The number of pyridine rings is 1. The van der Waals surface area contributed by atoms with Crippen molar-refractivity contribution in [1.82, 2.24) is 9.29 Å². The lowest BCUT2D eigenvalue weighted by atomic mass is 9.75. The van der Waals surface area contributed by atoms with Gasteiger partial charge < -0.3 is 13.9 Å². The standard InChI is InChI=1S/C19H33BN2O3S/c1-10-15(21-26-17(2,3)4)13-11-16(23)22(9)12-14(13)20-24-18(5,6)19(7,8)25-20/h11-12,15,21H,10H2,1-9H3/t15-/m0/s1. The van der Waals surface area contributed by atoms with Crippen molar-refractivity contribution >= 4 is 24.5 Å². The summed E-state index contributed by atoms with van der Waals surface area (Å²) < 4.78 is 17.7. The molecule has 0 radical (unpaired) electrons. The highest BCUT2D eigenvalue weighted by Crippen LogP contribution is 2.37. The van der Waals surface area contributed by atoms with Gasteiger partial charge in [0.05, 0.1) is 11.2 Å². The van der Waals surface area contributed by atoms with Crippen LogP contribution in [0.15, 0.2) is 17.1 Å². The maximum atomic E-state index is 12.3. The van der Waals surface area contributed by atoms with Crippen molar-refractivity contribution in [3.63, 3.8) is 0 Å². The van der Waals surface area contributed by atoms with Gasteiger partial charge in [-0.2, -0.15) is 0 Å². The molecule has 0 aliphatic carbocycles. The van der Waals surface area contributed by atoms with Crippen LogP contribution in [0, 0.1) is 0 Å². The first-order valence-electron chi connectivity index (χ1n) is 9.27. The number of hydrogen-bond acceptors (Lipinski definition) is 5. The minimum atomic E-state index is -0.489. The molecule has 1 aromatic heterocycles. The van der Waals surface area contributed by atoms with E-state index in [1.165, 1.54) is 0 Å². The molecule has 1 saturated heterocycles. The Morgan fingerprint density at radius 3 is 2.23 bits per heavy atom. The number of aromatic nitrogens is 1. The van der Waals surface area contributed by atoms with Gasteiger partial charge in [-0.3, -0.25) is 9.52 Å². The highest BCUT2D eigenvalue weighted by Gasteiger charge is 2.52. The van der Waals surface area contributed by atoms with Gasteiger partial charge in [-0.25, -0.2) is 0 Å². The smallest absolute Gasteiger partial charge is 0.399 e. The zero-order valence-corrected chi connectivity index (χ0v) is 18.4. The van der Waals surface area contributed by atoms with Crippen molar-refractivity contribution in [1.29, 1.82) is 0 Å². The van der Waals surface area contributed by atoms with Crippen LogP contribution in [0.1, 0.15) is 73.4 Å². The van der Waals surface area contributed by atoms with E-state index in [9.17, 15) is 4.79 Å². The van der Waals surface area contributed by atoms with Crippen LogP contribution >= 0.6 is 11.9 Å². The monoisotopic (exact) mass is 380 g/mol. The maximum absolute atomic E-state index is 12.3. The topological polar surface area (TPSA) is 52.5 Å². The summed E-state index contributed by atoms with van der Waals surface area (Å²) in [7, 11) is 1.27. The first-order valence-corrected chi connectivity index (χ1v) is 10.1. The molecule has 1 N–H and O–H groups in total. The van der Waals surface area contributed by atoms with Gasteiger partial charge in [0.25, 0.3) is 5.56 Å². The number of nitrogens with one attached hydrogen (secondary N) is 1. The van der Waals surface area contributed by atoms with Crippen LogP contribution in [-0.4, -0.2) is 27.6 Å². The van der Waals surface area contributed by atoms with Gasteiger partial charge in [0.15, 0.2) is 0 Å². The molecule has 1 aromatic rings. The number of aryl methyl sites for hydroxylation is 1. The zero-order valence-electron chi connectivity index (χ0n) is 17.6. The molecule has 7 heteroatoms. The van der Waals surface area contributed by atoms with Crippen LogP contribution in [0.5, 0.6) is 0 Å². The summed E-state index contributed by atoms with van der Waals surface area (Å²) in [6, 6.07) is 1.76. The molecule has 0 unspecified atom stereocenters. The Morgan fingerprint density at radius 2 is 1.77 bits per heavy atom. The quantitative estimate of drug-likeness (QED) is 0.628. The molecule has 1 atom stereocenters. The molecule has 1 aliphatic heterocycles. The van der Waals surface area contributed by atoms with Crippen LogP contribution in [-0.2, 0) is 16.4 Å². The fourth-order valence-electron chi connectivity index (χ4n) is 2.75. The SMILES string of the molecule is CC[C@H](NSC(C)(C)C)c1cc(=O)n(C)cc1B1OC(C)(C)C(C)(C)O1. The van der Waals surface area contributed by atoms with Gasteiger partial charge in [-0.05, 0) is 60.5 Å². The molecule has 26 heavy (non-hydrogen) atoms. The summed E-state index contributed by atoms with van der Waals surface area (Å²) in [5.41, 5.74) is 1.00. The second kappa shape index (κ2) is 7.34. The van der Waals surface area contributed by atoms with Crippen molar-refractivity contribution in [2.24, 2.45) is 7.05 Å². The van der Waals surface area contributed by atoms with E-state index in [1.54, 1.807) is 29.6 Å². The van der Waals surface area contributed by atoms with Gasteiger partial charge in [-0.1, -0.05) is 18.9 Å². The van der Waals surface area contributed by atoms with Gasteiger partial charge in [0.2, 0.25) is 0 Å². The van der Waals surface area contributed by atoms with Gasteiger partial charge in [0, 0.05) is 35.6 Å². The predicted octanol–water partition coefficient (Wildman–Crippen LogP) is 3.17. The van der Waals surface area contributed by atoms with Crippen molar-refractivity contribution in [2.45, 2.75) is 83.8 Å². The Labute approximate surface area is 162 Å². The van der Waals surface area contributed by atoms with E-state index in [0.717, 1.165) is 17.4 Å². The number of rotatable bonds is 5. The van der Waals surface area contributed by atoms with E-state index < -0.39 is 18.3 Å². The maximum Gasteiger partial charge on any atom is 0.496 e. The van der Waals surface area contributed by atoms with Crippen molar-refractivity contribution in [3.05, 3.63) is 28.2 Å². The van der Waals surface area contributed by atoms with E-state index in [0.29, 0.717) is 0 Å². The minimum Gasteiger partial charge on any atom is -0.399 e. The molecule has 0 bridgehead atoms. The fourth-order valence-corrected chi connectivity index (χ4v) is 3.54. The minimum absolute atomic E-state index is 0.0266. The highest BCUT2D eigenvalue weighted by atomic mass is 32.2. The predicted molar refractivity (Wildman–Crippen MR) is 111 cm³/mol. The summed E-state index contributed by atoms with van der Waals surface area (Å²) in [4.78, 5) is 12.3. The summed E-state index contributed by atoms with van der Waals surface area (Å²) in [5, 5.41) is 0.